The number of anilines is 1. The summed E-state index contributed by atoms with van der Waals surface area (Å²) >= 11 is 0. The van der Waals surface area contributed by atoms with Crippen LogP contribution in [-0.2, 0) is 9.59 Å². The van der Waals surface area contributed by atoms with Gasteiger partial charge in [0.2, 0.25) is 5.91 Å². The van der Waals surface area contributed by atoms with Crippen molar-refractivity contribution < 1.29 is 19.5 Å². The molecule has 1 unspecified atom stereocenters. The lowest BCUT2D eigenvalue weighted by molar-refractivity contribution is -0.141. The van der Waals surface area contributed by atoms with E-state index in [-0.39, 0.29) is 24.9 Å². The molecule has 2 N–H and O–H groups in total. The molecule has 0 saturated carbocycles. The van der Waals surface area contributed by atoms with E-state index >= 15 is 0 Å². The summed E-state index contributed by atoms with van der Waals surface area (Å²) in [5.41, 5.74) is 1.43. The first kappa shape index (κ1) is 21.5. The van der Waals surface area contributed by atoms with Gasteiger partial charge in [-0.2, -0.15) is 0 Å². The van der Waals surface area contributed by atoms with Crippen molar-refractivity contribution >= 4 is 23.5 Å². The van der Waals surface area contributed by atoms with Gasteiger partial charge in [0.25, 0.3) is 5.91 Å². The number of carbonyl (C=O) groups excluding carboxylic acids is 2. The molecule has 0 aliphatic heterocycles. The Morgan fingerprint density at radius 3 is 2.27 bits per heavy atom. The number of hydrogen-bond donors (Lipinski definition) is 2. The summed E-state index contributed by atoms with van der Waals surface area (Å²) in [5.74, 6) is -1.68. The van der Waals surface area contributed by atoms with E-state index < -0.39 is 12.0 Å². The number of rotatable bonds is 10. The maximum Gasteiger partial charge on any atom is 0.326 e. The summed E-state index contributed by atoms with van der Waals surface area (Å²) in [6, 6.07) is 6.16. The molecule has 0 aromatic heterocycles. The Balaban J connectivity index is 2.88. The smallest absolute Gasteiger partial charge is 0.326 e. The second-order valence-electron chi connectivity index (χ2n) is 6.32. The first-order valence-corrected chi connectivity index (χ1v) is 8.87. The van der Waals surface area contributed by atoms with Crippen LogP contribution in [0.4, 0.5) is 5.69 Å². The van der Waals surface area contributed by atoms with E-state index in [2.05, 4.69) is 17.1 Å². The van der Waals surface area contributed by atoms with Crippen molar-refractivity contribution in [3.05, 3.63) is 29.8 Å². The highest BCUT2D eigenvalue weighted by Crippen LogP contribution is 2.16. The molecular formula is C19H29N3O4. The predicted octanol–water partition coefficient (Wildman–Crippen LogP) is 1.97. The van der Waals surface area contributed by atoms with Crippen LogP contribution in [0.15, 0.2) is 24.3 Å². The molecule has 0 heterocycles. The van der Waals surface area contributed by atoms with E-state index in [9.17, 15) is 19.5 Å². The minimum atomic E-state index is -1.09. The Labute approximate surface area is 155 Å². The fourth-order valence-corrected chi connectivity index (χ4v) is 2.51. The number of amides is 2. The van der Waals surface area contributed by atoms with Gasteiger partial charge in [-0.05, 0) is 37.6 Å². The Hall–Kier alpha value is -2.57. The van der Waals surface area contributed by atoms with E-state index in [4.69, 9.17) is 0 Å². The van der Waals surface area contributed by atoms with Gasteiger partial charge >= 0.3 is 5.97 Å². The molecule has 144 valence electrons. The number of unbranched alkanes of at least 4 members (excludes halogenated alkanes) is 1. The zero-order chi connectivity index (χ0) is 19.7. The highest BCUT2D eigenvalue weighted by molar-refractivity contribution is 5.96. The number of nitrogens with zero attached hydrogens (tertiary/aromatic N) is 2. The number of benzene rings is 1. The molecule has 0 spiro atoms. The average Bonchev–Trinajstić information content (AvgIpc) is 2.62. The van der Waals surface area contributed by atoms with Crippen LogP contribution in [0.2, 0.25) is 0 Å². The van der Waals surface area contributed by atoms with E-state index in [1.807, 2.05) is 19.2 Å². The van der Waals surface area contributed by atoms with Crippen molar-refractivity contribution in [1.82, 2.24) is 10.2 Å². The molecule has 1 aromatic carbocycles. The van der Waals surface area contributed by atoms with Crippen molar-refractivity contribution in [2.24, 2.45) is 0 Å². The Morgan fingerprint density at radius 1 is 1.15 bits per heavy atom. The summed E-state index contributed by atoms with van der Waals surface area (Å²) in [7, 11) is 2.00. The average molecular weight is 363 g/mol. The molecule has 1 aromatic rings. The lowest BCUT2D eigenvalue weighted by Crippen LogP contribution is -2.46. The SMILES string of the molecule is CCCCN(C)c1ccc(C(=O)N(CCNC(C)=O)C(C)C(=O)O)cc1. The molecule has 2 amide bonds. The van der Waals surface area contributed by atoms with Gasteiger partial charge in [0.1, 0.15) is 6.04 Å². The number of carboxylic acids is 1. The van der Waals surface area contributed by atoms with Gasteiger partial charge in [0.05, 0.1) is 0 Å². The third-order valence-electron chi connectivity index (χ3n) is 4.21. The van der Waals surface area contributed by atoms with Crippen LogP contribution >= 0.6 is 0 Å². The number of carbonyl (C=O) groups is 3. The Bertz CT molecular complexity index is 616. The van der Waals surface area contributed by atoms with Gasteiger partial charge in [0, 0.05) is 44.9 Å². The maximum absolute atomic E-state index is 12.8. The van der Waals surface area contributed by atoms with Gasteiger partial charge in [-0.15, -0.1) is 0 Å². The second-order valence-corrected chi connectivity index (χ2v) is 6.32. The van der Waals surface area contributed by atoms with Crippen molar-refractivity contribution in [1.29, 1.82) is 0 Å². The molecule has 26 heavy (non-hydrogen) atoms. The van der Waals surface area contributed by atoms with Crippen LogP contribution in [0.3, 0.4) is 0 Å². The molecule has 1 atom stereocenters. The molecular weight excluding hydrogens is 334 g/mol. The van der Waals surface area contributed by atoms with Crippen LogP contribution < -0.4 is 10.2 Å². The quantitative estimate of drug-likeness (QED) is 0.663. The molecule has 0 saturated heterocycles. The summed E-state index contributed by atoms with van der Waals surface area (Å²) in [6.07, 6.45) is 2.20. The molecule has 7 heteroatoms. The third-order valence-corrected chi connectivity index (χ3v) is 4.21. The van der Waals surface area contributed by atoms with Gasteiger partial charge in [0.15, 0.2) is 0 Å². The van der Waals surface area contributed by atoms with E-state index in [1.54, 1.807) is 12.1 Å². The Kier molecular flexibility index (Phi) is 8.61. The molecule has 0 aliphatic carbocycles. The van der Waals surface area contributed by atoms with Crippen molar-refractivity contribution in [2.45, 2.75) is 39.7 Å². The van der Waals surface area contributed by atoms with Crippen LogP contribution in [-0.4, -0.2) is 60.5 Å². The highest BCUT2D eigenvalue weighted by Gasteiger charge is 2.26. The minimum Gasteiger partial charge on any atom is -0.480 e. The molecule has 0 aliphatic rings. The first-order valence-electron chi connectivity index (χ1n) is 8.87. The van der Waals surface area contributed by atoms with Crippen LogP contribution in [0.25, 0.3) is 0 Å². The van der Waals surface area contributed by atoms with Crippen LogP contribution in [0.5, 0.6) is 0 Å². The van der Waals surface area contributed by atoms with Crippen molar-refractivity contribution in [2.75, 3.05) is 31.6 Å². The lowest BCUT2D eigenvalue weighted by atomic mass is 10.1. The van der Waals surface area contributed by atoms with E-state index in [1.165, 1.54) is 18.7 Å². The summed E-state index contributed by atoms with van der Waals surface area (Å²) < 4.78 is 0. The van der Waals surface area contributed by atoms with Gasteiger partial charge < -0.3 is 20.2 Å². The largest absolute Gasteiger partial charge is 0.480 e. The van der Waals surface area contributed by atoms with Gasteiger partial charge in [-0.1, -0.05) is 13.3 Å². The summed E-state index contributed by atoms with van der Waals surface area (Å²) in [4.78, 5) is 38.5. The predicted molar refractivity (Wildman–Crippen MR) is 101 cm³/mol. The fraction of sp³-hybridized carbons (Fsp3) is 0.526. The minimum absolute atomic E-state index is 0.129. The monoisotopic (exact) mass is 363 g/mol. The lowest BCUT2D eigenvalue weighted by Gasteiger charge is -2.27. The number of nitrogens with one attached hydrogen (secondary N) is 1. The zero-order valence-corrected chi connectivity index (χ0v) is 16.0. The van der Waals surface area contributed by atoms with Gasteiger partial charge in [-0.25, -0.2) is 4.79 Å². The zero-order valence-electron chi connectivity index (χ0n) is 16.0. The molecule has 0 bridgehead atoms. The number of carboxylic acid groups (broad SMARTS) is 1. The maximum atomic E-state index is 12.8. The number of aliphatic carboxylic acids is 1. The standard InChI is InChI=1S/C19H29N3O4/c1-5-6-12-21(4)17-9-7-16(8-10-17)18(24)22(14(2)19(25)26)13-11-20-15(3)23/h7-10,14H,5-6,11-13H2,1-4H3,(H,20,23)(H,25,26). The molecule has 0 fully saturated rings. The summed E-state index contributed by atoms with van der Waals surface area (Å²) in [6.45, 7) is 6.24. The molecule has 0 radical (unpaired) electrons. The van der Waals surface area contributed by atoms with E-state index in [0.717, 1.165) is 25.1 Å². The molecule has 7 nitrogen and oxygen atoms in total. The van der Waals surface area contributed by atoms with Crippen molar-refractivity contribution in [3.63, 3.8) is 0 Å². The third kappa shape index (κ3) is 6.38. The van der Waals surface area contributed by atoms with Gasteiger partial charge in [-0.3, -0.25) is 9.59 Å². The number of hydrogen-bond acceptors (Lipinski definition) is 4. The normalized spacial score (nSPS) is 11.5. The topological polar surface area (TPSA) is 90.0 Å². The Morgan fingerprint density at radius 2 is 1.77 bits per heavy atom. The molecule has 1 rings (SSSR count). The highest BCUT2D eigenvalue weighted by atomic mass is 16.4. The first-order chi connectivity index (χ1) is 12.3. The van der Waals surface area contributed by atoms with Crippen LogP contribution in [0, 0.1) is 0 Å². The van der Waals surface area contributed by atoms with Crippen molar-refractivity contribution in [3.8, 4) is 0 Å². The van der Waals surface area contributed by atoms with Crippen LogP contribution in [0.1, 0.15) is 44.0 Å². The second kappa shape index (κ2) is 10.4. The van der Waals surface area contributed by atoms with E-state index in [0.29, 0.717) is 5.56 Å². The summed E-state index contributed by atoms with van der Waals surface area (Å²) in [5, 5.41) is 11.9. The fourth-order valence-electron chi connectivity index (χ4n) is 2.51.